The normalized spacial score (nSPS) is 23.0. The molecule has 2 aliphatic rings. The maximum atomic E-state index is 12.7. The number of carbonyl (C=O) groups excluding carboxylic acids is 1. The summed E-state index contributed by atoms with van der Waals surface area (Å²) in [6, 6.07) is 14.6. The molecule has 1 fully saturated rings. The molecule has 2 heterocycles. The Bertz CT molecular complexity index is 906. The Hall–Kier alpha value is -1.79. The lowest BCUT2D eigenvalue weighted by Crippen LogP contribution is -2.37. The molecule has 2 aromatic carbocycles. The van der Waals surface area contributed by atoms with Gasteiger partial charge in [-0.15, -0.1) is 11.8 Å². The molecule has 0 N–H and O–H groups in total. The molecule has 1 amide bonds. The van der Waals surface area contributed by atoms with Gasteiger partial charge in [0.1, 0.15) is 4.87 Å². The Morgan fingerprint density at radius 2 is 1.78 bits per heavy atom. The molecular formula is C17H15NO3S2. The Morgan fingerprint density at radius 3 is 2.48 bits per heavy atom. The predicted octanol–water partition coefficient (Wildman–Crippen LogP) is 2.49. The summed E-state index contributed by atoms with van der Waals surface area (Å²) < 4.78 is 23.3. The molecule has 0 spiro atoms. The number of hydrogen-bond acceptors (Lipinski definition) is 4. The third-order valence-corrected chi connectivity index (χ3v) is 7.06. The number of sulfone groups is 1. The smallest absolute Gasteiger partial charge is 0.255 e. The Morgan fingerprint density at radius 1 is 1.09 bits per heavy atom. The van der Waals surface area contributed by atoms with Crippen LogP contribution in [0.25, 0.3) is 0 Å². The minimum absolute atomic E-state index is 0.0535. The summed E-state index contributed by atoms with van der Waals surface area (Å²) in [6.45, 7) is 0.700. The predicted molar refractivity (Wildman–Crippen MR) is 90.3 cm³/mol. The molecule has 0 aliphatic carbocycles. The van der Waals surface area contributed by atoms with E-state index in [9.17, 15) is 13.2 Å². The zero-order valence-corrected chi connectivity index (χ0v) is 14.2. The highest BCUT2D eigenvalue weighted by molar-refractivity contribution is 8.00. The van der Waals surface area contributed by atoms with Crippen LogP contribution < -0.4 is 0 Å². The van der Waals surface area contributed by atoms with Gasteiger partial charge in [0.25, 0.3) is 5.91 Å². The molecule has 2 aromatic rings. The number of nitrogens with zero attached hydrogens (tertiary/aromatic N) is 1. The lowest BCUT2D eigenvalue weighted by molar-refractivity contribution is 0.0752. The molecule has 6 heteroatoms. The molecule has 2 aliphatic heterocycles. The van der Waals surface area contributed by atoms with Crippen LogP contribution in [0.3, 0.4) is 0 Å². The van der Waals surface area contributed by atoms with Crippen LogP contribution in [0, 0.1) is 0 Å². The van der Waals surface area contributed by atoms with Crippen molar-refractivity contribution in [1.29, 1.82) is 0 Å². The highest BCUT2D eigenvalue weighted by atomic mass is 32.2. The van der Waals surface area contributed by atoms with Crippen molar-refractivity contribution in [2.45, 2.75) is 9.77 Å². The van der Waals surface area contributed by atoms with E-state index in [1.54, 1.807) is 23.9 Å². The molecule has 0 saturated carbocycles. The van der Waals surface area contributed by atoms with Crippen LogP contribution in [-0.2, 0) is 14.7 Å². The molecule has 4 nitrogen and oxygen atoms in total. The maximum absolute atomic E-state index is 12.7. The van der Waals surface area contributed by atoms with Crippen LogP contribution in [0.5, 0.6) is 0 Å². The monoisotopic (exact) mass is 345 g/mol. The van der Waals surface area contributed by atoms with E-state index >= 15 is 0 Å². The van der Waals surface area contributed by atoms with Crippen molar-refractivity contribution in [2.24, 2.45) is 0 Å². The Labute approximate surface area is 139 Å². The third kappa shape index (κ3) is 1.98. The number of hydrogen-bond donors (Lipinski definition) is 0. The second-order valence-corrected chi connectivity index (χ2v) is 9.09. The first-order valence-corrected chi connectivity index (χ1v) is 10.2. The number of fused-ring (bicyclic) bond motifs is 3. The summed E-state index contributed by atoms with van der Waals surface area (Å²) in [7, 11) is -3.23. The summed E-state index contributed by atoms with van der Waals surface area (Å²) >= 11 is 1.73. The first-order chi connectivity index (χ1) is 10.9. The molecular weight excluding hydrogens is 330 g/mol. The van der Waals surface area contributed by atoms with Crippen molar-refractivity contribution >= 4 is 27.5 Å². The van der Waals surface area contributed by atoms with Gasteiger partial charge in [-0.25, -0.2) is 8.42 Å². The van der Waals surface area contributed by atoms with E-state index in [-0.39, 0.29) is 5.91 Å². The van der Waals surface area contributed by atoms with Crippen LogP contribution in [0.15, 0.2) is 53.4 Å². The van der Waals surface area contributed by atoms with Gasteiger partial charge < -0.3 is 4.90 Å². The molecule has 4 rings (SSSR count). The zero-order chi connectivity index (χ0) is 16.2. The highest BCUT2D eigenvalue weighted by Crippen LogP contribution is 2.55. The fraction of sp³-hybridized carbons (Fsp3) is 0.235. The van der Waals surface area contributed by atoms with Gasteiger partial charge in [-0.05, 0) is 23.8 Å². The number of amides is 1. The largest absolute Gasteiger partial charge is 0.315 e. The Kier molecular flexibility index (Phi) is 3.12. The van der Waals surface area contributed by atoms with Crippen molar-refractivity contribution in [1.82, 2.24) is 4.90 Å². The molecule has 1 saturated heterocycles. The van der Waals surface area contributed by atoms with Crippen molar-refractivity contribution in [2.75, 3.05) is 18.6 Å². The minimum atomic E-state index is -3.23. The Balaban J connectivity index is 1.91. The molecule has 118 valence electrons. The van der Waals surface area contributed by atoms with Gasteiger partial charge in [-0.3, -0.25) is 4.79 Å². The van der Waals surface area contributed by atoms with Gasteiger partial charge in [0.15, 0.2) is 9.84 Å². The van der Waals surface area contributed by atoms with Gasteiger partial charge in [-0.1, -0.05) is 30.3 Å². The van der Waals surface area contributed by atoms with Gasteiger partial charge in [0, 0.05) is 29.7 Å². The lowest BCUT2D eigenvalue weighted by atomic mass is 9.97. The van der Waals surface area contributed by atoms with E-state index in [0.717, 1.165) is 22.4 Å². The third-order valence-electron chi connectivity index (χ3n) is 4.45. The van der Waals surface area contributed by atoms with Gasteiger partial charge in [0.05, 0.1) is 4.90 Å². The van der Waals surface area contributed by atoms with E-state index in [0.29, 0.717) is 11.4 Å². The van der Waals surface area contributed by atoms with Crippen molar-refractivity contribution in [3.05, 3.63) is 65.2 Å². The van der Waals surface area contributed by atoms with E-state index in [1.165, 1.54) is 6.26 Å². The van der Waals surface area contributed by atoms with Gasteiger partial charge >= 0.3 is 0 Å². The topological polar surface area (TPSA) is 54.5 Å². The van der Waals surface area contributed by atoms with Crippen LogP contribution >= 0.6 is 11.8 Å². The summed E-state index contributed by atoms with van der Waals surface area (Å²) in [6.07, 6.45) is 1.20. The van der Waals surface area contributed by atoms with Gasteiger partial charge in [0.2, 0.25) is 0 Å². The van der Waals surface area contributed by atoms with Crippen LogP contribution in [0.4, 0.5) is 0 Å². The van der Waals surface area contributed by atoms with Gasteiger partial charge in [-0.2, -0.15) is 0 Å². The summed E-state index contributed by atoms with van der Waals surface area (Å²) in [5.74, 6) is 0.922. The summed E-state index contributed by atoms with van der Waals surface area (Å²) in [4.78, 5) is 14.4. The van der Waals surface area contributed by atoms with Crippen molar-refractivity contribution < 1.29 is 13.2 Å². The average Bonchev–Trinajstić information content (AvgIpc) is 3.07. The quantitative estimate of drug-likeness (QED) is 0.839. The second-order valence-electron chi connectivity index (χ2n) is 5.79. The molecule has 0 radical (unpaired) electrons. The fourth-order valence-corrected chi connectivity index (χ4v) is 5.59. The maximum Gasteiger partial charge on any atom is 0.255 e. The molecule has 0 aromatic heterocycles. The van der Waals surface area contributed by atoms with Crippen LogP contribution in [-0.4, -0.2) is 37.8 Å². The minimum Gasteiger partial charge on any atom is -0.315 e. The fourth-order valence-electron chi connectivity index (χ4n) is 3.42. The zero-order valence-electron chi connectivity index (χ0n) is 12.5. The lowest BCUT2D eigenvalue weighted by Gasteiger charge is -2.32. The molecule has 23 heavy (non-hydrogen) atoms. The number of thioether (sulfide) groups is 1. The first-order valence-electron chi connectivity index (χ1n) is 7.30. The molecule has 0 bridgehead atoms. The number of benzene rings is 2. The standard InChI is InChI=1S/C17H15NO3S2/c1-23(20,21)13-8-6-12(7-9-13)17-15-5-3-2-4-14(15)16(19)18(17)10-11-22-17/h2-9H,10-11H2,1H3/t17-/m0/s1. The number of rotatable bonds is 2. The summed E-state index contributed by atoms with van der Waals surface area (Å²) in [5, 5.41) is 0. The average molecular weight is 345 g/mol. The SMILES string of the molecule is CS(=O)(=O)c1ccc([C@@]23SCCN2C(=O)c2ccccc23)cc1. The van der Waals surface area contributed by atoms with E-state index < -0.39 is 14.7 Å². The van der Waals surface area contributed by atoms with Crippen molar-refractivity contribution in [3.63, 3.8) is 0 Å². The molecule has 0 unspecified atom stereocenters. The van der Waals surface area contributed by atoms with Crippen molar-refractivity contribution in [3.8, 4) is 0 Å². The van der Waals surface area contributed by atoms with E-state index in [1.807, 2.05) is 41.3 Å². The second kappa shape index (κ2) is 4.85. The highest BCUT2D eigenvalue weighted by Gasteiger charge is 2.54. The van der Waals surface area contributed by atoms with Crippen LogP contribution in [0.1, 0.15) is 21.5 Å². The number of carbonyl (C=O) groups is 1. The first kappa shape index (κ1) is 14.8. The van der Waals surface area contributed by atoms with E-state index in [2.05, 4.69) is 0 Å². The summed E-state index contributed by atoms with van der Waals surface area (Å²) in [5.41, 5.74) is 2.69. The molecule has 1 atom stereocenters. The van der Waals surface area contributed by atoms with E-state index in [4.69, 9.17) is 0 Å². The van der Waals surface area contributed by atoms with Crippen LogP contribution in [0.2, 0.25) is 0 Å².